The van der Waals surface area contributed by atoms with Gasteiger partial charge in [0.1, 0.15) is 11.6 Å². The Morgan fingerprint density at radius 3 is 2.79 bits per heavy atom. The smallest absolute Gasteiger partial charge is 0.239 e. The number of carbonyl (C=O) groups is 1. The number of likely N-dealkylation sites (tertiary alicyclic amines) is 1. The molecule has 3 rings (SSSR count). The third-order valence-electron chi connectivity index (χ3n) is 4.46. The number of piperidine rings is 1. The molecule has 5 nitrogen and oxygen atoms in total. The lowest BCUT2D eigenvalue weighted by Gasteiger charge is -2.32. The Bertz CT molecular complexity index is 710. The van der Waals surface area contributed by atoms with E-state index in [0.717, 1.165) is 25.1 Å². The van der Waals surface area contributed by atoms with Crippen LogP contribution in [0.1, 0.15) is 31.9 Å². The number of nitrogens with zero attached hydrogens (tertiary/aromatic N) is 3. The van der Waals surface area contributed by atoms with Crippen molar-refractivity contribution in [1.29, 1.82) is 0 Å². The minimum Gasteiger partial charge on any atom is -0.309 e. The van der Waals surface area contributed by atoms with Gasteiger partial charge in [0.05, 0.1) is 17.9 Å². The first-order chi connectivity index (χ1) is 11.5. The molecule has 0 aliphatic carbocycles. The zero-order chi connectivity index (χ0) is 17.1. The summed E-state index contributed by atoms with van der Waals surface area (Å²) >= 11 is 0. The highest BCUT2D eigenvalue weighted by Gasteiger charge is 2.21. The molecule has 1 aliphatic rings. The highest BCUT2D eigenvalue weighted by atomic mass is 19.1. The molecule has 1 aliphatic heterocycles. The van der Waals surface area contributed by atoms with Crippen molar-refractivity contribution in [3.63, 3.8) is 0 Å². The van der Waals surface area contributed by atoms with Crippen molar-refractivity contribution in [2.45, 2.75) is 39.2 Å². The molecule has 1 aromatic heterocycles. The third kappa shape index (κ3) is 3.82. The van der Waals surface area contributed by atoms with E-state index in [0.29, 0.717) is 24.1 Å². The van der Waals surface area contributed by atoms with E-state index < -0.39 is 0 Å². The van der Waals surface area contributed by atoms with Crippen LogP contribution >= 0.6 is 0 Å². The fraction of sp³-hybridized carbons (Fsp3) is 0.444. The molecule has 1 aromatic carbocycles. The molecule has 0 saturated carbocycles. The molecule has 0 spiro atoms. The van der Waals surface area contributed by atoms with Gasteiger partial charge in [0.25, 0.3) is 0 Å². The first kappa shape index (κ1) is 16.6. The largest absolute Gasteiger partial charge is 0.309 e. The van der Waals surface area contributed by atoms with Gasteiger partial charge in [0.2, 0.25) is 5.91 Å². The fourth-order valence-electron chi connectivity index (χ4n) is 3.13. The number of hydrogen-bond donors (Lipinski definition) is 1. The first-order valence-electron chi connectivity index (χ1n) is 8.39. The van der Waals surface area contributed by atoms with Crippen LogP contribution in [0.25, 0.3) is 5.69 Å². The van der Waals surface area contributed by atoms with Crippen LogP contribution in [0.5, 0.6) is 0 Å². The normalized spacial score (nSPS) is 18.5. The van der Waals surface area contributed by atoms with Gasteiger partial charge in [-0.2, -0.15) is 5.10 Å². The number of hydrogen-bond acceptors (Lipinski definition) is 3. The van der Waals surface area contributed by atoms with Crippen molar-refractivity contribution in [2.24, 2.45) is 0 Å². The Morgan fingerprint density at radius 1 is 1.33 bits per heavy atom. The minimum absolute atomic E-state index is 0.0491. The van der Waals surface area contributed by atoms with Gasteiger partial charge in [0, 0.05) is 12.1 Å². The van der Waals surface area contributed by atoms with Gasteiger partial charge in [-0.1, -0.05) is 6.42 Å². The second kappa shape index (κ2) is 7.13. The van der Waals surface area contributed by atoms with Crippen LogP contribution in [0.3, 0.4) is 0 Å². The van der Waals surface area contributed by atoms with Gasteiger partial charge in [-0.15, -0.1) is 0 Å². The average Bonchev–Trinajstić information content (AvgIpc) is 2.90. The van der Waals surface area contributed by atoms with Crippen molar-refractivity contribution in [1.82, 2.24) is 14.7 Å². The Kier molecular flexibility index (Phi) is 4.94. The number of amides is 1. The zero-order valence-electron chi connectivity index (χ0n) is 14.1. The SMILES string of the molecule is Cc1cc(NC(=O)CN2CCCC[C@@H]2C)n(-c2ccc(F)cc2)n1. The minimum atomic E-state index is -0.299. The number of anilines is 1. The highest BCUT2D eigenvalue weighted by molar-refractivity contribution is 5.91. The van der Waals surface area contributed by atoms with Gasteiger partial charge in [-0.3, -0.25) is 9.69 Å². The summed E-state index contributed by atoms with van der Waals surface area (Å²) < 4.78 is 14.7. The number of halogens is 1. The van der Waals surface area contributed by atoms with E-state index in [1.165, 1.54) is 18.6 Å². The number of rotatable bonds is 4. The molecule has 2 heterocycles. The van der Waals surface area contributed by atoms with Crippen molar-refractivity contribution in [3.8, 4) is 5.69 Å². The maximum atomic E-state index is 13.1. The van der Waals surface area contributed by atoms with Crippen LogP contribution in [0.15, 0.2) is 30.3 Å². The summed E-state index contributed by atoms with van der Waals surface area (Å²) in [5, 5.41) is 7.33. The van der Waals surface area contributed by atoms with Crippen LogP contribution in [-0.4, -0.2) is 39.7 Å². The molecule has 24 heavy (non-hydrogen) atoms. The predicted octanol–water partition coefficient (Wildman–Crippen LogP) is 3.13. The van der Waals surface area contributed by atoms with Crippen LogP contribution in [0.2, 0.25) is 0 Å². The molecule has 0 unspecified atom stereocenters. The first-order valence-corrected chi connectivity index (χ1v) is 8.39. The third-order valence-corrected chi connectivity index (χ3v) is 4.46. The van der Waals surface area contributed by atoms with Crippen LogP contribution in [-0.2, 0) is 4.79 Å². The summed E-state index contributed by atoms with van der Waals surface area (Å²) in [4.78, 5) is 14.6. The van der Waals surface area contributed by atoms with Crippen LogP contribution < -0.4 is 5.32 Å². The van der Waals surface area contributed by atoms with Crippen molar-refractivity contribution in [2.75, 3.05) is 18.4 Å². The molecule has 0 radical (unpaired) electrons. The van der Waals surface area contributed by atoms with Crippen molar-refractivity contribution in [3.05, 3.63) is 41.8 Å². The van der Waals surface area contributed by atoms with Gasteiger partial charge >= 0.3 is 0 Å². The molecule has 1 amide bonds. The van der Waals surface area contributed by atoms with Crippen molar-refractivity contribution >= 4 is 11.7 Å². The second-order valence-electron chi connectivity index (χ2n) is 6.42. The van der Waals surface area contributed by atoms with Crippen LogP contribution in [0.4, 0.5) is 10.2 Å². The lowest BCUT2D eigenvalue weighted by Crippen LogP contribution is -2.42. The Morgan fingerprint density at radius 2 is 2.08 bits per heavy atom. The molecule has 1 N–H and O–H groups in total. The van der Waals surface area contributed by atoms with E-state index in [1.54, 1.807) is 16.8 Å². The van der Waals surface area contributed by atoms with Crippen LogP contribution in [0, 0.1) is 12.7 Å². The monoisotopic (exact) mass is 330 g/mol. The fourth-order valence-corrected chi connectivity index (χ4v) is 3.13. The highest BCUT2D eigenvalue weighted by Crippen LogP contribution is 2.19. The summed E-state index contributed by atoms with van der Waals surface area (Å²) in [6, 6.07) is 8.31. The molecule has 1 fully saturated rings. The van der Waals surface area contributed by atoms with Gasteiger partial charge < -0.3 is 5.32 Å². The average molecular weight is 330 g/mol. The molecular formula is C18H23FN4O. The summed E-state index contributed by atoms with van der Waals surface area (Å²) in [5.41, 5.74) is 1.51. The summed E-state index contributed by atoms with van der Waals surface area (Å²) in [6.45, 7) is 5.38. The maximum absolute atomic E-state index is 13.1. The topological polar surface area (TPSA) is 50.2 Å². The molecule has 2 aromatic rings. The Labute approximate surface area is 141 Å². The summed E-state index contributed by atoms with van der Waals surface area (Å²) in [6.07, 6.45) is 3.51. The van der Waals surface area contributed by atoms with E-state index in [-0.39, 0.29) is 11.7 Å². The number of aryl methyl sites for hydroxylation is 1. The second-order valence-corrected chi connectivity index (χ2v) is 6.42. The molecular weight excluding hydrogens is 307 g/mol. The molecule has 1 atom stereocenters. The number of nitrogens with one attached hydrogen (secondary N) is 1. The Hall–Kier alpha value is -2.21. The molecule has 1 saturated heterocycles. The van der Waals surface area contributed by atoms with Gasteiger partial charge in [-0.05, 0) is 57.5 Å². The summed E-state index contributed by atoms with van der Waals surface area (Å²) in [7, 11) is 0. The molecule has 128 valence electrons. The maximum Gasteiger partial charge on any atom is 0.239 e. The van der Waals surface area contributed by atoms with Gasteiger partial charge in [0.15, 0.2) is 0 Å². The number of aromatic nitrogens is 2. The number of benzene rings is 1. The standard InChI is InChI=1S/C18H23FN4O/c1-13-11-17(23(21-13)16-8-6-15(19)7-9-16)20-18(24)12-22-10-4-3-5-14(22)2/h6-9,11,14H,3-5,10,12H2,1-2H3,(H,20,24)/t14-/m0/s1. The van der Waals surface area contributed by atoms with Crippen molar-refractivity contribution < 1.29 is 9.18 Å². The van der Waals surface area contributed by atoms with E-state index >= 15 is 0 Å². The van der Waals surface area contributed by atoms with Gasteiger partial charge in [-0.25, -0.2) is 9.07 Å². The predicted molar refractivity (Wildman–Crippen MR) is 91.8 cm³/mol. The van der Waals surface area contributed by atoms with E-state index in [4.69, 9.17) is 0 Å². The Balaban J connectivity index is 1.73. The molecule has 0 bridgehead atoms. The molecule has 6 heteroatoms. The van der Waals surface area contributed by atoms with E-state index in [9.17, 15) is 9.18 Å². The number of carbonyl (C=O) groups excluding carboxylic acids is 1. The van der Waals surface area contributed by atoms with E-state index in [1.807, 2.05) is 13.0 Å². The lowest BCUT2D eigenvalue weighted by molar-refractivity contribution is -0.118. The zero-order valence-corrected chi connectivity index (χ0v) is 14.1. The lowest BCUT2D eigenvalue weighted by atomic mass is 10.0. The quantitative estimate of drug-likeness (QED) is 0.937. The van der Waals surface area contributed by atoms with E-state index in [2.05, 4.69) is 22.2 Å². The summed E-state index contributed by atoms with van der Waals surface area (Å²) in [5.74, 6) is 0.257.